The van der Waals surface area contributed by atoms with Gasteiger partial charge in [0.15, 0.2) is 17.3 Å². The molecule has 0 amide bonds. The molecule has 7 nitrogen and oxygen atoms in total. The normalized spacial score (nSPS) is 16.9. The summed E-state index contributed by atoms with van der Waals surface area (Å²) in [5.74, 6) is 2.85. The molecule has 1 aliphatic carbocycles. The largest absolute Gasteiger partial charge is 0.493 e. The lowest BCUT2D eigenvalue weighted by Gasteiger charge is -2.32. The van der Waals surface area contributed by atoms with Gasteiger partial charge in [-0.3, -0.25) is 4.79 Å². The summed E-state index contributed by atoms with van der Waals surface area (Å²) in [6.45, 7) is 2.39. The van der Waals surface area contributed by atoms with Crippen LogP contribution in [0.15, 0.2) is 52.8 Å². The average molecular weight is 545 g/mol. The Labute approximate surface area is 224 Å². The highest BCUT2D eigenvalue weighted by Crippen LogP contribution is 2.42. The van der Waals surface area contributed by atoms with E-state index in [1.54, 1.807) is 31.0 Å². The summed E-state index contributed by atoms with van der Waals surface area (Å²) in [6, 6.07) is 10.6. The second-order valence-electron chi connectivity index (χ2n) is 8.64. The zero-order valence-electron chi connectivity index (χ0n) is 20.0. The second kappa shape index (κ2) is 10.7. The number of hydrogen-bond acceptors (Lipinski definition) is 7. The van der Waals surface area contributed by atoms with Crippen molar-refractivity contribution in [3.63, 3.8) is 0 Å². The van der Waals surface area contributed by atoms with E-state index in [1.165, 1.54) is 0 Å². The Morgan fingerprint density at radius 2 is 2.03 bits per heavy atom. The molecular weight excluding hydrogens is 519 g/mol. The zero-order valence-corrected chi connectivity index (χ0v) is 22.3. The number of aromatic nitrogens is 3. The van der Waals surface area contributed by atoms with Crippen molar-refractivity contribution in [3.05, 3.63) is 68.8 Å². The van der Waals surface area contributed by atoms with Crippen LogP contribution in [0.1, 0.15) is 49.8 Å². The Kier molecular flexibility index (Phi) is 7.46. The number of halogens is 2. The van der Waals surface area contributed by atoms with Gasteiger partial charge in [-0.2, -0.15) is 4.98 Å². The van der Waals surface area contributed by atoms with Crippen molar-refractivity contribution in [2.24, 2.45) is 0 Å². The maximum atomic E-state index is 13.1. The van der Waals surface area contributed by atoms with Crippen molar-refractivity contribution in [1.82, 2.24) is 14.8 Å². The van der Waals surface area contributed by atoms with E-state index < -0.39 is 0 Å². The molecule has 5 rings (SSSR count). The molecule has 1 unspecified atom stereocenters. The van der Waals surface area contributed by atoms with E-state index in [-0.39, 0.29) is 18.4 Å². The first-order valence-electron chi connectivity index (χ1n) is 11.9. The number of methoxy groups -OCH3 is 1. The van der Waals surface area contributed by atoms with Gasteiger partial charge in [0.25, 0.3) is 0 Å². The van der Waals surface area contributed by atoms with Crippen LogP contribution in [0.3, 0.4) is 0 Å². The monoisotopic (exact) mass is 544 g/mol. The van der Waals surface area contributed by atoms with Crippen molar-refractivity contribution >= 4 is 46.7 Å². The number of nitrogens with zero attached hydrogens (tertiary/aromatic N) is 3. The minimum Gasteiger partial charge on any atom is -0.493 e. The van der Waals surface area contributed by atoms with E-state index in [1.807, 2.05) is 28.9 Å². The molecule has 0 saturated heterocycles. The minimum absolute atomic E-state index is 0.134. The summed E-state index contributed by atoms with van der Waals surface area (Å²) < 4.78 is 13.5. The number of rotatable bonds is 8. The molecule has 1 N–H and O–H groups in total. The second-order valence-corrected chi connectivity index (χ2v) is 10.5. The molecule has 2 aliphatic rings. The van der Waals surface area contributed by atoms with Crippen LogP contribution in [0.25, 0.3) is 0 Å². The molecule has 36 heavy (non-hydrogen) atoms. The van der Waals surface area contributed by atoms with E-state index in [0.717, 1.165) is 47.4 Å². The van der Waals surface area contributed by atoms with Crippen molar-refractivity contribution in [1.29, 1.82) is 0 Å². The van der Waals surface area contributed by atoms with Crippen LogP contribution in [0, 0.1) is 0 Å². The number of anilines is 1. The topological polar surface area (TPSA) is 78.3 Å². The van der Waals surface area contributed by atoms with Gasteiger partial charge in [0, 0.05) is 39.1 Å². The standard InChI is InChI=1S/C26H26Cl2N4O3S/c1-3-11-36-26-30-25-29-19-5-4-6-20(33)23(19)24(32(25)31-26)15-8-10-21(22(12-15)34-2)35-14-16-7-9-17(27)13-18(16)28/h7-10,12-13,24H,3-6,11,14H2,1-2H3,(H,29,30,31). The molecule has 0 spiro atoms. The third-order valence-electron chi connectivity index (χ3n) is 6.19. The molecule has 0 fully saturated rings. The van der Waals surface area contributed by atoms with Crippen LogP contribution >= 0.6 is 35.0 Å². The molecule has 2 aromatic carbocycles. The number of ether oxygens (including phenoxy) is 2. The Bertz CT molecular complexity index is 1340. The van der Waals surface area contributed by atoms with Crippen LogP contribution in [0.4, 0.5) is 5.95 Å². The van der Waals surface area contributed by atoms with E-state index in [0.29, 0.717) is 39.1 Å². The molecule has 1 aliphatic heterocycles. The summed E-state index contributed by atoms with van der Waals surface area (Å²) in [7, 11) is 1.60. The SMILES string of the molecule is CCCSc1nc2n(n1)C(c1ccc(OCc3ccc(Cl)cc3Cl)c(OC)c1)C1=C(CCCC1=O)N2. The van der Waals surface area contributed by atoms with Gasteiger partial charge in [0.1, 0.15) is 12.6 Å². The van der Waals surface area contributed by atoms with Crippen molar-refractivity contribution in [2.45, 2.75) is 50.4 Å². The Balaban J connectivity index is 1.49. The van der Waals surface area contributed by atoms with Crippen LogP contribution in [0.5, 0.6) is 11.5 Å². The quantitative estimate of drug-likeness (QED) is 0.316. The van der Waals surface area contributed by atoms with E-state index in [4.69, 9.17) is 42.8 Å². The predicted octanol–water partition coefficient (Wildman–Crippen LogP) is 6.70. The van der Waals surface area contributed by atoms with Gasteiger partial charge in [-0.25, -0.2) is 4.68 Å². The van der Waals surface area contributed by atoms with Gasteiger partial charge in [0.05, 0.1) is 7.11 Å². The fourth-order valence-electron chi connectivity index (χ4n) is 4.47. The number of Topliss-reactive ketones (excluding diaryl/α,β-unsaturated/α-hetero) is 1. The molecule has 10 heteroatoms. The van der Waals surface area contributed by atoms with Gasteiger partial charge in [-0.15, -0.1) is 5.10 Å². The zero-order chi connectivity index (χ0) is 25.2. The summed E-state index contributed by atoms with van der Waals surface area (Å²) in [5, 5.41) is 9.94. The Hall–Kier alpha value is -2.68. The van der Waals surface area contributed by atoms with Crippen molar-refractivity contribution in [3.8, 4) is 11.5 Å². The van der Waals surface area contributed by atoms with E-state index >= 15 is 0 Å². The fraction of sp³-hybridized carbons (Fsp3) is 0.346. The highest BCUT2D eigenvalue weighted by Gasteiger charge is 2.37. The summed E-state index contributed by atoms with van der Waals surface area (Å²) in [6.07, 6.45) is 3.19. The number of benzene rings is 2. The number of hydrogen-bond donors (Lipinski definition) is 1. The summed E-state index contributed by atoms with van der Waals surface area (Å²) in [4.78, 5) is 17.8. The van der Waals surface area contributed by atoms with Gasteiger partial charge in [0.2, 0.25) is 11.1 Å². The van der Waals surface area contributed by atoms with E-state index in [2.05, 4.69) is 12.2 Å². The number of carbonyl (C=O) groups excluding carboxylic acids is 1. The molecule has 0 radical (unpaired) electrons. The highest BCUT2D eigenvalue weighted by molar-refractivity contribution is 7.99. The number of ketones is 1. The van der Waals surface area contributed by atoms with Crippen molar-refractivity contribution < 1.29 is 14.3 Å². The van der Waals surface area contributed by atoms with Crippen LogP contribution in [-0.4, -0.2) is 33.4 Å². The first-order chi connectivity index (χ1) is 17.5. The molecule has 3 aromatic rings. The molecule has 188 valence electrons. The molecule has 2 heterocycles. The molecule has 0 saturated carbocycles. The number of nitrogens with one attached hydrogen (secondary N) is 1. The number of fused-ring (bicyclic) bond motifs is 1. The lowest BCUT2D eigenvalue weighted by atomic mass is 9.85. The maximum absolute atomic E-state index is 13.1. The predicted molar refractivity (Wildman–Crippen MR) is 142 cm³/mol. The first kappa shape index (κ1) is 25.0. The third-order valence-corrected chi connectivity index (χ3v) is 7.82. The summed E-state index contributed by atoms with van der Waals surface area (Å²) >= 11 is 13.9. The fourth-order valence-corrected chi connectivity index (χ4v) is 5.61. The number of thioether (sulfide) groups is 1. The maximum Gasteiger partial charge on any atom is 0.227 e. The third kappa shape index (κ3) is 4.94. The van der Waals surface area contributed by atoms with Gasteiger partial charge < -0.3 is 14.8 Å². The first-order valence-corrected chi connectivity index (χ1v) is 13.6. The lowest BCUT2D eigenvalue weighted by molar-refractivity contribution is -0.116. The van der Waals surface area contributed by atoms with Gasteiger partial charge in [-0.05, 0) is 49.1 Å². The van der Waals surface area contributed by atoms with Gasteiger partial charge in [-0.1, -0.05) is 54.0 Å². The molecule has 1 atom stereocenters. The van der Waals surface area contributed by atoms with E-state index in [9.17, 15) is 4.79 Å². The average Bonchev–Trinajstić information content (AvgIpc) is 3.28. The smallest absolute Gasteiger partial charge is 0.227 e. The van der Waals surface area contributed by atoms with Crippen molar-refractivity contribution in [2.75, 3.05) is 18.2 Å². The highest BCUT2D eigenvalue weighted by atomic mass is 35.5. The lowest BCUT2D eigenvalue weighted by Crippen LogP contribution is -2.31. The molecule has 1 aromatic heterocycles. The Morgan fingerprint density at radius 3 is 2.81 bits per heavy atom. The number of allylic oxidation sites excluding steroid dienone is 2. The Morgan fingerprint density at radius 1 is 1.17 bits per heavy atom. The minimum atomic E-state index is -0.388. The van der Waals surface area contributed by atoms with Crippen LogP contribution in [0.2, 0.25) is 10.0 Å². The van der Waals surface area contributed by atoms with Crippen LogP contribution < -0.4 is 14.8 Å². The number of carbonyl (C=O) groups is 1. The van der Waals surface area contributed by atoms with Gasteiger partial charge >= 0.3 is 0 Å². The molecule has 0 bridgehead atoms. The van der Waals surface area contributed by atoms with Crippen LogP contribution in [-0.2, 0) is 11.4 Å². The molecular formula is C26H26Cl2N4O3S. The summed E-state index contributed by atoms with van der Waals surface area (Å²) in [5.41, 5.74) is 3.37.